The minimum atomic E-state index is 0.138. The molecule has 1 fully saturated rings. The largest absolute Gasteiger partial charge is 0.322 e. The van der Waals surface area contributed by atoms with Crippen LogP contribution < -0.4 is 5.73 Å². The molecule has 0 aliphatic carbocycles. The maximum atomic E-state index is 6.45. The van der Waals surface area contributed by atoms with Crippen molar-refractivity contribution in [3.8, 4) is 0 Å². The fraction of sp³-hybridized carbons (Fsp3) is 0.692. The molecular formula is C13H23N3S. The van der Waals surface area contributed by atoms with E-state index in [9.17, 15) is 0 Å². The average molecular weight is 253 g/mol. The normalized spacial score (nSPS) is 25.8. The minimum Gasteiger partial charge on any atom is -0.322 e. The molecule has 2 heterocycles. The van der Waals surface area contributed by atoms with Crippen LogP contribution in [0.5, 0.6) is 0 Å². The van der Waals surface area contributed by atoms with Crippen LogP contribution in [0.3, 0.4) is 0 Å². The van der Waals surface area contributed by atoms with Crippen LogP contribution in [0.2, 0.25) is 0 Å². The van der Waals surface area contributed by atoms with Crippen LogP contribution in [-0.4, -0.2) is 49.6 Å². The molecule has 2 atom stereocenters. The lowest BCUT2D eigenvalue weighted by Crippen LogP contribution is -2.44. The summed E-state index contributed by atoms with van der Waals surface area (Å²) in [5.41, 5.74) is 6.45. The highest BCUT2D eigenvalue weighted by Crippen LogP contribution is 2.26. The van der Waals surface area contributed by atoms with Gasteiger partial charge in [-0.25, -0.2) is 0 Å². The molecule has 2 N–H and O–H groups in total. The van der Waals surface area contributed by atoms with Crippen molar-refractivity contribution in [1.82, 2.24) is 9.80 Å². The Kier molecular flexibility index (Phi) is 4.20. The molecule has 2 unspecified atom stereocenters. The molecule has 4 heteroatoms. The van der Waals surface area contributed by atoms with E-state index in [1.807, 2.05) is 11.3 Å². The van der Waals surface area contributed by atoms with Crippen LogP contribution in [-0.2, 0) is 0 Å². The number of nitrogens with two attached hydrogens (primary N) is 1. The van der Waals surface area contributed by atoms with Gasteiger partial charge >= 0.3 is 0 Å². The van der Waals surface area contributed by atoms with Crippen molar-refractivity contribution in [3.63, 3.8) is 0 Å². The first-order chi connectivity index (χ1) is 8.08. The molecule has 0 radical (unpaired) electrons. The molecule has 17 heavy (non-hydrogen) atoms. The third-order valence-corrected chi connectivity index (χ3v) is 4.72. The Morgan fingerprint density at radius 3 is 2.76 bits per heavy atom. The monoisotopic (exact) mass is 253 g/mol. The first kappa shape index (κ1) is 13.0. The zero-order valence-electron chi connectivity index (χ0n) is 11.0. The summed E-state index contributed by atoms with van der Waals surface area (Å²) in [5.74, 6) is 0. The number of rotatable bonds is 2. The summed E-state index contributed by atoms with van der Waals surface area (Å²) in [6.45, 7) is 5.53. The number of thiophene rings is 1. The van der Waals surface area contributed by atoms with Gasteiger partial charge < -0.3 is 15.5 Å². The first-order valence-electron chi connectivity index (χ1n) is 6.28. The predicted molar refractivity (Wildman–Crippen MR) is 74.5 cm³/mol. The van der Waals surface area contributed by atoms with Gasteiger partial charge in [-0.3, -0.25) is 0 Å². The number of hydrogen-bond acceptors (Lipinski definition) is 4. The Labute approximate surface area is 108 Å². The topological polar surface area (TPSA) is 32.5 Å². The molecule has 1 aromatic rings. The molecule has 1 aromatic heterocycles. The molecule has 0 amide bonds. The highest BCUT2D eigenvalue weighted by molar-refractivity contribution is 7.12. The summed E-state index contributed by atoms with van der Waals surface area (Å²) < 4.78 is 0. The summed E-state index contributed by atoms with van der Waals surface area (Å²) in [7, 11) is 4.39. The van der Waals surface area contributed by atoms with E-state index < -0.39 is 0 Å². The zero-order chi connectivity index (χ0) is 12.4. The van der Waals surface area contributed by atoms with Crippen molar-refractivity contribution in [2.75, 3.05) is 33.7 Å². The van der Waals surface area contributed by atoms with Crippen LogP contribution in [0, 0.1) is 6.92 Å². The van der Waals surface area contributed by atoms with Crippen molar-refractivity contribution >= 4 is 11.3 Å². The first-order valence-corrected chi connectivity index (χ1v) is 7.10. The van der Waals surface area contributed by atoms with Gasteiger partial charge in [-0.2, -0.15) is 0 Å². The predicted octanol–water partition coefficient (Wildman–Crippen LogP) is 1.69. The van der Waals surface area contributed by atoms with Crippen molar-refractivity contribution in [1.29, 1.82) is 0 Å². The molecule has 0 saturated carbocycles. The number of nitrogens with zero attached hydrogens (tertiary/aromatic N) is 2. The zero-order valence-corrected chi connectivity index (χ0v) is 11.8. The number of hydrogen-bond donors (Lipinski definition) is 1. The van der Waals surface area contributed by atoms with Crippen LogP contribution >= 0.6 is 11.3 Å². The van der Waals surface area contributed by atoms with E-state index in [0.29, 0.717) is 6.04 Å². The van der Waals surface area contributed by atoms with Gasteiger partial charge in [0.2, 0.25) is 0 Å². The SMILES string of the molecule is Cc1ccc(C(N)C2CN(C)CCCN2C)s1. The van der Waals surface area contributed by atoms with E-state index in [1.165, 1.54) is 22.7 Å². The molecule has 3 nitrogen and oxygen atoms in total. The Hall–Kier alpha value is -0.420. The van der Waals surface area contributed by atoms with Crippen molar-refractivity contribution in [2.45, 2.75) is 25.4 Å². The lowest BCUT2D eigenvalue weighted by atomic mass is 10.1. The molecule has 1 saturated heterocycles. The third-order valence-electron chi connectivity index (χ3n) is 3.62. The summed E-state index contributed by atoms with van der Waals surface area (Å²) >= 11 is 1.83. The van der Waals surface area contributed by atoms with Crippen molar-refractivity contribution < 1.29 is 0 Å². The summed E-state index contributed by atoms with van der Waals surface area (Å²) in [4.78, 5) is 7.48. The second-order valence-electron chi connectivity index (χ2n) is 5.14. The van der Waals surface area contributed by atoms with Gasteiger partial charge in [-0.05, 0) is 52.7 Å². The molecule has 0 bridgehead atoms. The Morgan fingerprint density at radius 1 is 1.35 bits per heavy atom. The molecule has 1 aliphatic heterocycles. The Balaban J connectivity index is 2.13. The van der Waals surface area contributed by atoms with E-state index in [4.69, 9.17) is 5.73 Å². The molecule has 1 aliphatic rings. The molecule has 0 aromatic carbocycles. The average Bonchev–Trinajstić information content (AvgIpc) is 2.64. The summed E-state index contributed by atoms with van der Waals surface area (Å²) in [5, 5.41) is 0. The van der Waals surface area contributed by atoms with E-state index in [0.717, 1.165) is 13.1 Å². The standard InChI is InChI=1S/C13H23N3S/c1-10-5-6-12(17-10)13(14)11-9-15(2)7-4-8-16(11)3/h5-6,11,13H,4,7-9,14H2,1-3H3. The highest BCUT2D eigenvalue weighted by atomic mass is 32.1. The van der Waals surface area contributed by atoms with Crippen LogP contribution in [0.25, 0.3) is 0 Å². The van der Waals surface area contributed by atoms with Crippen molar-refractivity contribution in [2.24, 2.45) is 5.73 Å². The van der Waals surface area contributed by atoms with E-state index in [2.05, 4.69) is 43.0 Å². The van der Waals surface area contributed by atoms with Gasteiger partial charge in [-0.1, -0.05) is 0 Å². The highest BCUT2D eigenvalue weighted by Gasteiger charge is 2.27. The molecule has 96 valence electrons. The maximum Gasteiger partial charge on any atom is 0.0560 e. The van der Waals surface area contributed by atoms with Gasteiger partial charge in [0, 0.05) is 22.3 Å². The van der Waals surface area contributed by atoms with Crippen molar-refractivity contribution in [3.05, 3.63) is 21.9 Å². The fourth-order valence-corrected chi connectivity index (χ4v) is 3.45. The van der Waals surface area contributed by atoms with Gasteiger partial charge in [0.05, 0.1) is 6.04 Å². The third kappa shape index (κ3) is 3.07. The van der Waals surface area contributed by atoms with E-state index in [1.54, 1.807) is 0 Å². The minimum absolute atomic E-state index is 0.138. The molecule has 2 rings (SSSR count). The molecule has 0 spiro atoms. The summed E-state index contributed by atoms with van der Waals surface area (Å²) in [6, 6.07) is 4.92. The Bertz CT molecular complexity index is 363. The van der Waals surface area contributed by atoms with Crippen LogP contribution in [0.1, 0.15) is 22.2 Å². The fourth-order valence-electron chi connectivity index (χ4n) is 2.52. The lowest BCUT2D eigenvalue weighted by molar-refractivity contribution is 0.198. The second-order valence-corrected chi connectivity index (χ2v) is 6.46. The van der Waals surface area contributed by atoms with Crippen LogP contribution in [0.4, 0.5) is 0 Å². The Morgan fingerprint density at radius 2 is 2.12 bits per heavy atom. The summed E-state index contributed by atoms with van der Waals surface area (Å²) in [6.07, 6.45) is 1.24. The smallest absolute Gasteiger partial charge is 0.0560 e. The van der Waals surface area contributed by atoms with Gasteiger partial charge in [0.1, 0.15) is 0 Å². The maximum absolute atomic E-state index is 6.45. The van der Waals surface area contributed by atoms with Gasteiger partial charge in [-0.15, -0.1) is 11.3 Å². The van der Waals surface area contributed by atoms with E-state index >= 15 is 0 Å². The molecular weight excluding hydrogens is 230 g/mol. The number of aryl methyl sites for hydroxylation is 1. The quantitative estimate of drug-likeness (QED) is 0.870. The number of likely N-dealkylation sites (N-methyl/N-ethyl adjacent to an activating group) is 2. The second kappa shape index (κ2) is 5.48. The van der Waals surface area contributed by atoms with E-state index in [-0.39, 0.29) is 6.04 Å². The van der Waals surface area contributed by atoms with Crippen LogP contribution in [0.15, 0.2) is 12.1 Å². The van der Waals surface area contributed by atoms with Gasteiger partial charge in [0.25, 0.3) is 0 Å². The lowest BCUT2D eigenvalue weighted by Gasteiger charge is -2.31. The van der Waals surface area contributed by atoms with Gasteiger partial charge in [0.15, 0.2) is 0 Å².